The van der Waals surface area contributed by atoms with Gasteiger partial charge >= 0.3 is 0 Å². The van der Waals surface area contributed by atoms with E-state index in [9.17, 15) is 4.39 Å². The van der Waals surface area contributed by atoms with Crippen molar-refractivity contribution < 1.29 is 9.13 Å². The summed E-state index contributed by atoms with van der Waals surface area (Å²) in [5.41, 5.74) is 9.01. The lowest BCUT2D eigenvalue weighted by molar-refractivity contribution is 0.416. The fourth-order valence-corrected chi connectivity index (χ4v) is 2.31. The Hall–Kier alpha value is -3.35. The summed E-state index contributed by atoms with van der Waals surface area (Å²) in [7, 11) is 1.60. The maximum absolute atomic E-state index is 13.0. The maximum Gasteiger partial charge on any atom is 0.159 e. The lowest BCUT2D eigenvalue weighted by Gasteiger charge is -2.15. The summed E-state index contributed by atoms with van der Waals surface area (Å²) in [6, 6.07) is 11.7. The van der Waals surface area contributed by atoms with Gasteiger partial charge in [-0.3, -0.25) is 0 Å². The minimum atomic E-state index is -0.310. The number of halogens is 1. The van der Waals surface area contributed by atoms with Crippen LogP contribution in [0.25, 0.3) is 0 Å². The molecule has 0 spiro atoms. The van der Waals surface area contributed by atoms with Crippen LogP contribution in [0.5, 0.6) is 5.75 Å². The van der Waals surface area contributed by atoms with Crippen LogP contribution in [-0.2, 0) is 0 Å². The number of nitrogens with zero attached hydrogens (tertiary/aromatic N) is 2. The topological polar surface area (TPSA) is 85.1 Å². The number of nitrogens with two attached hydrogens (primary N) is 1. The molecule has 4 N–H and O–H groups in total. The number of ether oxygens (including phenoxy) is 1. The normalized spacial score (nSPS) is 10.4. The van der Waals surface area contributed by atoms with Crippen LogP contribution in [0.4, 0.5) is 33.1 Å². The number of anilines is 5. The second-order valence-electron chi connectivity index (χ2n) is 5.45. The third-order valence-corrected chi connectivity index (χ3v) is 3.60. The van der Waals surface area contributed by atoms with Gasteiger partial charge in [0, 0.05) is 5.69 Å². The highest BCUT2D eigenvalue weighted by molar-refractivity contribution is 5.81. The van der Waals surface area contributed by atoms with Gasteiger partial charge in [-0.25, -0.2) is 14.4 Å². The Morgan fingerprint density at radius 2 is 1.68 bits per heavy atom. The highest BCUT2D eigenvalue weighted by Gasteiger charge is 2.11. The Labute approximate surface area is 144 Å². The van der Waals surface area contributed by atoms with Gasteiger partial charge in [-0.15, -0.1) is 0 Å². The van der Waals surface area contributed by atoms with Gasteiger partial charge in [-0.05, 0) is 48.9 Å². The summed E-state index contributed by atoms with van der Waals surface area (Å²) in [6.45, 7) is 1.98. The number of aryl methyl sites for hydroxylation is 1. The first kappa shape index (κ1) is 16.5. The molecular formula is C18H18FN5O. The second kappa shape index (κ2) is 7.04. The summed E-state index contributed by atoms with van der Waals surface area (Å²) in [5.74, 6) is 1.24. The van der Waals surface area contributed by atoms with E-state index in [2.05, 4.69) is 20.6 Å². The Kier molecular flexibility index (Phi) is 4.65. The van der Waals surface area contributed by atoms with Crippen LogP contribution in [0, 0.1) is 12.7 Å². The van der Waals surface area contributed by atoms with E-state index in [0.717, 1.165) is 11.3 Å². The van der Waals surface area contributed by atoms with Crippen LogP contribution in [0.15, 0.2) is 48.8 Å². The molecule has 0 amide bonds. The first-order valence-corrected chi connectivity index (χ1v) is 7.61. The molecule has 0 saturated carbocycles. The van der Waals surface area contributed by atoms with E-state index < -0.39 is 0 Å². The Balaban J connectivity index is 1.88. The molecule has 3 aromatic rings. The average molecular weight is 339 g/mol. The summed E-state index contributed by atoms with van der Waals surface area (Å²) in [4.78, 5) is 8.34. The van der Waals surface area contributed by atoms with Crippen molar-refractivity contribution in [2.24, 2.45) is 0 Å². The predicted octanol–water partition coefficient (Wildman–Crippen LogP) is 4.00. The standard InChI is InChI=1S/C18H18FN5O/c1-11-3-8-15(25-2)14(9-11)24-18-16(20)17(21-10-22-18)23-13-6-4-12(19)5-7-13/h3-10H,20H2,1-2H3,(H2,21,22,23,24). The SMILES string of the molecule is COc1ccc(C)cc1Nc1ncnc(Nc2ccc(F)cc2)c1N. The lowest BCUT2D eigenvalue weighted by Crippen LogP contribution is -2.06. The molecule has 0 radical (unpaired) electrons. The molecule has 1 aromatic heterocycles. The van der Waals surface area contributed by atoms with Crippen LogP contribution in [-0.4, -0.2) is 17.1 Å². The van der Waals surface area contributed by atoms with Gasteiger partial charge in [-0.2, -0.15) is 0 Å². The first-order valence-electron chi connectivity index (χ1n) is 7.61. The zero-order chi connectivity index (χ0) is 17.8. The molecule has 128 valence electrons. The monoisotopic (exact) mass is 339 g/mol. The Morgan fingerprint density at radius 3 is 2.36 bits per heavy atom. The van der Waals surface area contributed by atoms with E-state index in [1.807, 2.05) is 25.1 Å². The van der Waals surface area contributed by atoms with E-state index in [-0.39, 0.29) is 5.82 Å². The van der Waals surface area contributed by atoms with Crippen molar-refractivity contribution in [2.45, 2.75) is 6.92 Å². The van der Waals surface area contributed by atoms with Gasteiger partial charge < -0.3 is 21.1 Å². The molecule has 7 heteroatoms. The van der Waals surface area contributed by atoms with E-state index in [4.69, 9.17) is 10.5 Å². The van der Waals surface area contributed by atoms with Crippen molar-refractivity contribution in [3.63, 3.8) is 0 Å². The number of rotatable bonds is 5. The van der Waals surface area contributed by atoms with Gasteiger partial charge in [0.1, 0.15) is 23.6 Å². The molecule has 25 heavy (non-hydrogen) atoms. The molecule has 1 heterocycles. The number of methoxy groups -OCH3 is 1. The first-order chi connectivity index (χ1) is 12.1. The fraction of sp³-hybridized carbons (Fsp3) is 0.111. The van der Waals surface area contributed by atoms with Gasteiger partial charge in [0.05, 0.1) is 12.8 Å². The lowest BCUT2D eigenvalue weighted by atomic mass is 10.2. The molecule has 0 atom stereocenters. The van der Waals surface area contributed by atoms with Crippen LogP contribution in [0.2, 0.25) is 0 Å². The van der Waals surface area contributed by atoms with Gasteiger partial charge in [-0.1, -0.05) is 6.07 Å². The molecule has 0 unspecified atom stereocenters. The van der Waals surface area contributed by atoms with E-state index >= 15 is 0 Å². The van der Waals surface area contributed by atoms with E-state index in [0.29, 0.717) is 28.8 Å². The van der Waals surface area contributed by atoms with Crippen LogP contribution in [0.3, 0.4) is 0 Å². The molecule has 2 aromatic carbocycles. The van der Waals surface area contributed by atoms with Crippen molar-refractivity contribution in [2.75, 3.05) is 23.5 Å². The molecule has 0 fully saturated rings. The Bertz CT molecular complexity index is 883. The molecule has 0 bridgehead atoms. The fourth-order valence-electron chi connectivity index (χ4n) is 2.31. The predicted molar refractivity (Wildman–Crippen MR) is 97.1 cm³/mol. The molecule has 3 rings (SSSR count). The zero-order valence-electron chi connectivity index (χ0n) is 13.9. The van der Waals surface area contributed by atoms with Crippen LogP contribution in [0.1, 0.15) is 5.56 Å². The Morgan fingerprint density at radius 1 is 1.00 bits per heavy atom. The molecule has 6 nitrogen and oxygen atoms in total. The molecule has 0 saturated heterocycles. The summed E-state index contributed by atoms with van der Waals surface area (Å²) >= 11 is 0. The van der Waals surface area contributed by atoms with Crippen molar-refractivity contribution in [1.29, 1.82) is 0 Å². The third kappa shape index (κ3) is 3.77. The molecule has 0 aliphatic heterocycles. The van der Waals surface area contributed by atoms with Crippen LogP contribution >= 0.6 is 0 Å². The number of benzene rings is 2. The summed E-state index contributed by atoms with van der Waals surface area (Å²) in [6.07, 6.45) is 1.40. The molecular weight excluding hydrogens is 321 g/mol. The number of aromatic nitrogens is 2. The molecule has 0 aliphatic carbocycles. The third-order valence-electron chi connectivity index (χ3n) is 3.60. The van der Waals surface area contributed by atoms with Crippen molar-refractivity contribution in [3.8, 4) is 5.75 Å². The van der Waals surface area contributed by atoms with E-state index in [1.165, 1.54) is 18.5 Å². The van der Waals surface area contributed by atoms with E-state index in [1.54, 1.807) is 19.2 Å². The highest BCUT2D eigenvalue weighted by atomic mass is 19.1. The largest absolute Gasteiger partial charge is 0.495 e. The number of hydrogen-bond acceptors (Lipinski definition) is 6. The summed E-state index contributed by atoms with van der Waals surface area (Å²) in [5, 5.41) is 6.22. The van der Waals surface area contributed by atoms with Crippen molar-refractivity contribution in [1.82, 2.24) is 9.97 Å². The number of nitrogens with one attached hydrogen (secondary N) is 2. The van der Waals surface area contributed by atoms with Crippen LogP contribution < -0.4 is 21.1 Å². The minimum absolute atomic E-state index is 0.310. The van der Waals surface area contributed by atoms with Gasteiger partial charge in [0.2, 0.25) is 0 Å². The number of hydrogen-bond donors (Lipinski definition) is 3. The quantitative estimate of drug-likeness (QED) is 0.651. The average Bonchev–Trinajstić information content (AvgIpc) is 2.60. The second-order valence-corrected chi connectivity index (χ2v) is 5.45. The summed E-state index contributed by atoms with van der Waals surface area (Å²) < 4.78 is 18.4. The van der Waals surface area contributed by atoms with Gasteiger partial charge in [0.25, 0.3) is 0 Å². The zero-order valence-corrected chi connectivity index (χ0v) is 13.9. The smallest absolute Gasteiger partial charge is 0.159 e. The minimum Gasteiger partial charge on any atom is -0.495 e. The van der Waals surface area contributed by atoms with Crippen molar-refractivity contribution >= 4 is 28.7 Å². The maximum atomic E-state index is 13.0. The van der Waals surface area contributed by atoms with Crippen molar-refractivity contribution in [3.05, 3.63) is 60.2 Å². The molecule has 0 aliphatic rings. The number of nitrogen functional groups attached to an aromatic ring is 1. The van der Waals surface area contributed by atoms with Gasteiger partial charge in [0.15, 0.2) is 11.6 Å². The highest BCUT2D eigenvalue weighted by Crippen LogP contribution is 2.32.